The quantitative estimate of drug-likeness (QED) is 0.514. The number of amides is 2. The van der Waals surface area contributed by atoms with Crippen LogP contribution in [0.25, 0.3) is 10.2 Å². The molecule has 0 aliphatic carbocycles. The molecule has 0 bridgehead atoms. The van der Waals surface area contributed by atoms with Crippen molar-refractivity contribution in [1.82, 2.24) is 20.2 Å². The van der Waals surface area contributed by atoms with Gasteiger partial charge in [-0.3, -0.25) is 14.4 Å². The number of rotatable bonds is 8. The van der Waals surface area contributed by atoms with Gasteiger partial charge in [0.2, 0.25) is 11.8 Å². The van der Waals surface area contributed by atoms with Crippen LogP contribution < -0.4 is 10.9 Å². The Bertz CT molecular complexity index is 889. The summed E-state index contributed by atoms with van der Waals surface area (Å²) in [5.74, 6) is 0.129. The van der Waals surface area contributed by atoms with Crippen molar-refractivity contribution in [3.05, 3.63) is 20.8 Å². The van der Waals surface area contributed by atoms with Crippen LogP contribution in [0.4, 0.5) is 0 Å². The number of aryl methyl sites for hydroxylation is 1. The minimum atomic E-state index is -0.280. The highest BCUT2D eigenvalue weighted by atomic mass is 32.2. The Kier molecular flexibility index (Phi) is 7.43. The number of H-pyrrole nitrogens is 1. The van der Waals surface area contributed by atoms with Gasteiger partial charge < -0.3 is 15.2 Å². The van der Waals surface area contributed by atoms with Gasteiger partial charge in [0, 0.05) is 19.0 Å². The first-order valence-electron chi connectivity index (χ1n) is 8.84. The molecule has 2 aromatic heterocycles. The fourth-order valence-corrected chi connectivity index (χ4v) is 4.28. The van der Waals surface area contributed by atoms with E-state index in [0.717, 1.165) is 35.0 Å². The van der Waals surface area contributed by atoms with Gasteiger partial charge in [0.15, 0.2) is 5.16 Å². The van der Waals surface area contributed by atoms with Crippen molar-refractivity contribution in [1.29, 1.82) is 0 Å². The van der Waals surface area contributed by atoms with Crippen LogP contribution in [0.1, 0.15) is 30.7 Å². The Labute approximate surface area is 166 Å². The molecule has 2 aromatic rings. The third-order valence-electron chi connectivity index (χ3n) is 4.37. The van der Waals surface area contributed by atoms with Crippen molar-refractivity contribution in [2.24, 2.45) is 5.92 Å². The van der Waals surface area contributed by atoms with Gasteiger partial charge in [-0.1, -0.05) is 32.0 Å². The predicted octanol–water partition coefficient (Wildman–Crippen LogP) is 2.18. The molecule has 0 fully saturated rings. The van der Waals surface area contributed by atoms with Crippen molar-refractivity contribution in [2.45, 2.75) is 38.8 Å². The van der Waals surface area contributed by atoms with Crippen molar-refractivity contribution in [2.75, 3.05) is 26.4 Å². The number of hydrogen-bond acceptors (Lipinski definition) is 6. The van der Waals surface area contributed by atoms with Crippen molar-refractivity contribution >= 4 is 45.1 Å². The Balaban J connectivity index is 2.09. The molecular weight excluding hydrogens is 384 g/mol. The van der Waals surface area contributed by atoms with E-state index in [-0.39, 0.29) is 29.7 Å². The fourth-order valence-electron chi connectivity index (χ4n) is 2.48. The van der Waals surface area contributed by atoms with Crippen LogP contribution in [0.3, 0.4) is 0 Å². The van der Waals surface area contributed by atoms with Crippen molar-refractivity contribution in [3.8, 4) is 0 Å². The maximum atomic E-state index is 12.6. The third kappa shape index (κ3) is 5.55. The summed E-state index contributed by atoms with van der Waals surface area (Å²) in [6.07, 6.45) is 1.92. The van der Waals surface area contributed by atoms with E-state index < -0.39 is 0 Å². The molecule has 2 N–H and O–H groups in total. The molecule has 1 atom stereocenters. The topological polar surface area (TPSA) is 95.2 Å². The summed E-state index contributed by atoms with van der Waals surface area (Å²) in [4.78, 5) is 46.5. The molecule has 0 spiro atoms. The lowest BCUT2D eigenvalue weighted by Gasteiger charge is -2.10. The molecule has 27 heavy (non-hydrogen) atoms. The number of likely N-dealkylation sites (N-methyl/N-ethyl adjacent to an activating group) is 1. The number of fused-ring (bicyclic) bond motifs is 1. The Morgan fingerprint density at radius 3 is 2.70 bits per heavy atom. The van der Waals surface area contributed by atoms with E-state index in [0.29, 0.717) is 21.3 Å². The van der Waals surface area contributed by atoms with Gasteiger partial charge >= 0.3 is 0 Å². The molecule has 2 rings (SSSR count). The van der Waals surface area contributed by atoms with Gasteiger partial charge in [-0.05, 0) is 24.8 Å². The fraction of sp³-hybridized carbons (Fsp3) is 0.556. The lowest BCUT2D eigenvalue weighted by molar-refractivity contribution is -0.130. The van der Waals surface area contributed by atoms with Gasteiger partial charge in [0.1, 0.15) is 4.83 Å². The van der Waals surface area contributed by atoms with Gasteiger partial charge in [0.25, 0.3) is 5.56 Å². The molecule has 0 aliphatic heterocycles. The average Bonchev–Trinajstić information content (AvgIpc) is 2.93. The zero-order valence-corrected chi connectivity index (χ0v) is 18.0. The lowest BCUT2D eigenvalue weighted by Crippen LogP contribution is -2.37. The summed E-state index contributed by atoms with van der Waals surface area (Å²) in [5.41, 5.74) is 0.919. The number of nitrogens with zero attached hydrogens (tertiary/aromatic N) is 2. The zero-order valence-electron chi connectivity index (χ0n) is 16.3. The van der Waals surface area contributed by atoms with E-state index in [9.17, 15) is 14.4 Å². The molecule has 2 amide bonds. The van der Waals surface area contributed by atoms with Crippen LogP contribution in [0.15, 0.2) is 9.95 Å². The molecule has 9 heteroatoms. The first kappa shape index (κ1) is 21.4. The lowest BCUT2D eigenvalue weighted by atomic mass is 9.98. The maximum Gasteiger partial charge on any atom is 0.260 e. The van der Waals surface area contributed by atoms with Crippen LogP contribution in [-0.4, -0.2) is 53.1 Å². The standard InChI is InChI=1S/C18H26N4O3S2/c1-6-10(2)7-12-11(3)27-17-15(12)16(25)20-18(21-17)26-9-13(23)19-8-14(24)22(4)5/h10H,6-9H2,1-5H3,(H,19,23)(H,20,21,25)/t10-/m0/s1. The summed E-state index contributed by atoms with van der Waals surface area (Å²) in [7, 11) is 3.26. The van der Waals surface area contributed by atoms with Gasteiger partial charge in [-0.15, -0.1) is 11.3 Å². The average molecular weight is 411 g/mol. The molecule has 7 nitrogen and oxygen atoms in total. The monoisotopic (exact) mass is 410 g/mol. The number of thiophene rings is 1. The largest absolute Gasteiger partial charge is 0.347 e. The number of hydrogen-bond donors (Lipinski definition) is 2. The highest BCUT2D eigenvalue weighted by Gasteiger charge is 2.17. The minimum Gasteiger partial charge on any atom is -0.347 e. The number of aromatic nitrogens is 2. The number of nitrogens with one attached hydrogen (secondary N) is 2. The SMILES string of the molecule is CC[C@H](C)Cc1c(C)sc2nc(SCC(=O)NCC(=O)N(C)C)[nH]c(=O)c12. The highest BCUT2D eigenvalue weighted by molar-refractivity contribution is 7.99. The summed E-state index contributed by atoms with van der Waals surface area (Å²) in [6, 6.07) is 0. The second-order valence-corrected chi connectivity index (χ2v) is 8.93. The van der Waals surface area contributed by atoms with Crippen molar-refractivity contribution < 1.29 is 9.59 Å². The van der Waals surface area contributed by atoms with E-state index in [1.54, 1.807) is 14.1 Å². The first-order valence-corrected chi connectivity index (χ1v) is 10.6. The maximum absolute atomic E-state index is 12.6. The highest BCUT2D eigenvalue weighted by Crippen LogP contribution is 2.30. The normalized spacial score (nSPS) is 12.2. The summed E-state index contributed by atoms with van der Waals surface area (Å²) in [6.45, 7) is 6.29. The second-order valence-electron chi connectivity index (χ2n) is 6.76. The van der Waals surface area contributed by atoms with Crippen LogP contribution in [-0.2, 0) is 16.0 Å². The van der Waals surface area contributed by atoms with E-state index in [1.807, 2.05) is 6.92 Å². The number of aromatic amines is 1. The van der Waals surface area contributed by atoms with Crippen LogP contribution >= 0.6 is 23.1 Å². The van der Waals surface area contributed by atoms with Gasteiger partial charge in [-0.25, -0.2) is 4.98 Å². The molecule has 0 unspecified atom stereocenters. The first-order chi connectivity index (χ1) is 12.7. The Morgan fingerprint density at radius 2 is 2.07 bits per heavy atom. The number of carbonyl (C=O) groups excluding carboxylic acids is 2. The Hall–Kier alpha value is -1.87. The predicted molar refractivity (Wildman–Crippen MR) is 111 cm³/mol. The Morgan fingerprint density at radius 1 is 1.37 bits per heavy atom. The summed E-state index contributed by atoms with van der Waals surface area (Å²) < 4.78 is 0. The molecule has 148 valence electrons. The van der Waals surface area contributed by atoms with Gasteiger partial charge in [0.05, 0.1) is 17.7 Å². The molecule has 0 saturated carbocycles. The van der Waals surface area contributed by atoms with Crippen LogP contribution in [0.2, 0.25) is 0 Å². The zero-order chi connectivity index (χ0) is 20.1. The van der Waals surface area contributed by atoms with Gasteiger partial charge in [-0.2, -0.15) is 0 Å². The van der Waals surface area contributed by atoms with E-state index in [4.69, 9.17) is 0 Å². The third-order valence-corrected chi connectivity index (χ3v) is 6.28. The molecule has 0 aliphatic rings. The molecular formula is C18H26N4O3S2. The number of carbonyl (C=O) groups is 2. The second kappa shape index (κ2) is 9.36. The molecule has 2 heterocycles. The van der Waals surface area contributed by atoms with E-state index >= 15 is 0 Å². The van der Waals surface area contributed by atoms with Crippen LogP contribution in [0.5, 0.6) is 0 Å². The molecule has 0 radical (unpaired) electrons. The van der Waals surface area contributed by atoms with E-state index in [1.165, 1.54) is 16.2 Å². The minimum absolute atomic E-state index is 0.0432. The molecule has 0 aromatic carbocycles. The van der Waals surface area contributed by atoms with E-state index in [2.05, 4.69) is 29.1 Å². The number of thioether (sulfide) groups is 1. The van der Waals surface area contributed by atoms with Crippen molar-refractivity contribution in [3.63, 3.8) is 0 Å². The smallest absolute Gasteiger partial charge is 0.260 e. The molecule has 0 saturated heterocycles. The summed E-state index contributed by atoms with van der Waals surface area (Å²) >= 11 is 2.67. The van der Waals surface area contributed by atoms with Crippen LogP contribution in [0, 0.1) is 12.8 Å². The summed E-state index contributed by atoms with van der Waals surface area (Å²) in [5, 5.41) is 3.64.